The van der Waals surface area contributed by atoms with Crippen molar-refractivity contribution in [2.75, 3.05) is 0 Å². The number of carbonyl (C=O) groups excluding carboxylic acids is 1. The molecule has 0 saturated heterocycles. The molecule has 1 aliphatic rings. The molecule has 5 rings (SSSR count). The number of aryl methyl sites for hydroxylation is 1. The van der Waals surface area contributed by atoms with Gasteiger partial charge in [-0.25, -0.2) is 4.79 Å². The highest BCUT2D eigenvalue weighted by Gasteiger charge is 2.29. The summed E-state index contributed by atoms with van der Waals surface area (Å²) in [5.41, 5.74) is 1.24. The summed E-state index contributed by atoms with van der Waals surface area (Å²) in [6, 6.07) is 11.4. The van der Waals surface area contributed by atoms with Crippen molar-refractivity contribution in [1.82, 2.24) is 4.90 Å². The summed E-state index contributed by atoms with van der Waals surface area (Å²) in [6.45, 7) is 2.44. The minimum absolute atomic E-state index is 0.0466. The van der Waals surface area contributed by atoms with Gasteiger partial charge in [-0.1, -0.05) is 24.5 Å². The zero-order valence-corrected chi connectivity index (χ0v) is 17.0. The van der Waals surface area contributed by atoms with Gasteiger partial charge in [0.1, 0.15) is 11.3 Å². The predicted molar refractivity (Wildman–Crippen MR) is 113 cm³/mol. The highest BCUT2D eigenvalue weighted by atomic mass is 32.1. The molecule has 5 nitrogen and oxygen atoms in total. The normalized spacial score (nSPS) is 14.8. The lowest BCUT2D eigenvalue weighted by atomic mass is 10.1. The van der Waals surface area contributed by atoms with E-state index in [1.807, 2.05) is 42.2 Å². The molecule has 6 heteroatoms. The van der Waals surface area contributed by atoms with Crippen LogP contribution in [0.25, 0.3) is 21.1 Å². The average molecular weight is 407 g/mol. The van der Waals surface area contributed by atoms with E-state index in [-0.39, 0.29) is 11.9 Å². The zero-order chi connectivity index (χ0) is 20.0. The summed E-state index contributed by atoms with van der Waals surface area (Å²) in [4.78, 5) is 28.5. The molecule has 3 aromatic heterocycles. The molecule has 0 bridgehead atoms. The van der Waals surface area contributed by atoms with Gasteiger partial charge in [0, 0.05) is 11.4 Å². The van der Waals surface area contributed by atoms with Gasteiger partial charge in [0.05, 0.1) is 27.8 Å². The van der Waals surface area contributed by atoms with Crippen molar-refractivity contribution in [2.45, 2.75) is 45.2 Å². The van der Waals surface area contributed by atoms with Gasteiger partial charge in [0.2, 0.25) is 0 Å². The van der Waals surface area contributed by atoms with Crippen LogP contribution in [0.1, 0.15) is 46.7 Å². The van der Waals surface area contributed by atoms with Crippen LogP contribution in [-0.2, 0) is 6.54 Å². The third-order valence-corrected chi connectivity index (χ3v) is 6.83. The lowest BCUT2D eigenvalue weighted by Gasteiger charge is -2.27. The summed E-state index contributed by atoms with van der Waals surface area (Å²) in [7, 11) is 0. The van der Waals surface area contributed by atoms with Crippen LogP contribution in [0.4, 0.5) is 0 Å². The van der Waals surface area contributed by atoms with Gasteiger partial charge in [-0.15, -0.1) is 11.3 Å². The summed E-state index contributed by atoms with van der Waals surface area (Å²) < 4.78 is 11.8. The first-order valence-corrected chi connectivity index (χ1v) is 10.7. The van der Waals surface area contributed by atoms with Crippen molar-refractivity contribution in [2.24, 2.45) is 0 Å². The van der Waals surface area contributed by atoms with Crippen LogP contribution in [0.2, 0.25) is 0 Å². The fourth-order valence-corrected chi connectivity index (χ4v) is 5.33. The molecular weight excluding hydrogens is 386 g/mol. The fraction of sp³-hybridized carbons (Fsp3) is 0.304. The summed E-state index contributed by atoms with van der Waals surface area (Å²) in [5.74, 6) is 0.724. The molecule has 29 heavy (non-hydrogen) atoms. The van der Waals surface area contributed by atoms with E-state index in [4.69, 9.17) is 8.83 Å². The molecule has 0 N–H and O–H groups in total. The summed E-state index contributed by atoms with van der Waals surface area (Å²) in [6.07, 6.45) is 5.90. The molecule has 0 unspecified atom stereocenters. The maximum Gasteiger partial charge on any atom is 0.345 e. The molecule has 1 fully saturated rings. The Balaban J connectivity index is 1.60. The zero-order valence-electron chi connectivity index (χ0n) is 16.1. The van der Waals surface area contributed by atoms with Crippen molar-refractivity contribution in [3.05, 3.63) is 69.3 Å². The molecule has 0 aliphatic heterocycles. The molecular formula is C23H21NO4S. The number of benzene rings is 1. The molecule has 0 spiro atoms. The Kier molecular flexibility index (Phi) is 4.51. The Labute approximate surface area is 171 Å². The Morgan fingerprint density at radius 2 is 2.00 bits per heavy atom. The third-order valence-electron chi connectivity index (χ3n) is 5.68. The van der Waals surface area contributed by atoms with Gasteiger partial charge in [-0.3, -0.25) is 4.79 Å². The summed E-state index contributed by atoms with van der Waals surface area (Å²) in [5, 5.41) is 1.35. The number of amides is 1. The Hall–Kier alpha value is -2.86. The van der Waals surface area contributed by atoms with Gasteiger partial charge in [0.15, 0.2) is 0 Å². The molecule has 0 atom stereocenters. The molecule has 3 heterocycles. The number of hydrogen-bond donors (Lipinski definition) is 0. The maximum absolute atomic E-state index is 13.5. The van der Waals surface area contributed by atoms with Crippen LogP contribution >= 0.6 is 11.3 Å². The van der Waals surface area contributed by atoms with Crippen LogP contribution in [0.3, 0.4) is 0 Å². The van der Waals surface area contributed by atoms with Gasteiger partial charge in [-0.05, 0) is 50.1 Å². The fourth-order valence-electron chi connectivity index (χ4n) is 4.21. The van der Waals surface area contributed by atoms with E-state index in [9.17, 15) is 9.59 Å². The highest BCUT2D eigenvalue weighted by Crippen LogP contribution is 2.34. The van der Waals surface area contributed by atoms with E-state index < -0.39 is 5.63 Å². The van der Waals surface area contributed by atoms with Crippen LogP contribution < -0.4 is 5.63 Å². The molecule has 4 aromatic rings. The quantitative estimate of drug-likeness (QED) is 0.419. The number of rotatable bonds is 4. The first-order chi connectivity index (χ1) is 14.1. The minimum atomic E-state index is -0.398. The van der Waals surface area contributed by atoms with E-state index in [0.717, 1.165) is 47.1 Å². The first kappa shape index (κ1) is 18.2. The number of carbonyl (C=O) groups is 1. The minimum Gasteiger partial charge on any atom is -0.467 e. The molecule has 1 amide bonds. The second-order valence-corrected chi connectivity index (χ2v) is 8.75. The lowest BCUT2D eigenvalue weighted by molar-refractivity contribution is 0.0654. The number of thiophene rings is 1. The van der Waals surface area contributed by atoms with E-state index in [0.29, 0.717) is 22.4 Å². The van der Waals surface area contributed by atoms with Gasteiger partial charge < -0.3 is 13.7 Å². The molecule has 1 aliphatic carbocycles. The second-order valence-electron chi connectivity index (χ2n) is 7.69. The monoisotopic (exact) mass is 407 g/mol. The van der Waals surface area contributed by atoms with Crippen molar-refractivity contribution in [1.29, 1.82) is 0 Å². The smallest absolute Gasteiger partial charge is 0.345 e. The van der Waals surface area contributed by atoms with E-state index in [1.54, 1.807) is 12.3 Å². The summed E-state index contributed by atoms with van der Waals surface area (Å²) >= 11 is 1.38. The number of furan rings is 1. The van der Waals surface area contributed by atoms with Crippen molar-refractivity contribution in [3.8, 4) is 0 Å². The number of nitrogens with zero attached hydrogens (tertiary/aromatic N) is 1. The van der Waals surface area contributed by atoms with Gasteiger partial charge in [0.25, 0.3) is 5.91 Å². The SMILES string of the molecule is Cc1ccc2oc(=O)c3cc(C(=O)N(Cc4ccco4)C4CCCC4)sc3c2c1. The first-order valence-electron chi connectivity index (χ1n) is 9.90. The van der Waals surface area contributed by atoms with E-state index in [1.165, 1.54) is 11.3 Å². The van der Waals surface area contributed by atoms with Crippen LogP contribution in [0, 0.1) is 6.92 Å². The standard InChI is InChI=1S/C23H21NO4S/c1-14-8-9-19-17(11-14)21-18(23(26)28-19)12-20(29-21)22(25)24(15-5-2-3-6-15)13-16-7-4-10-27-16/h4,7-12,15H,2-3,5-6,13H2,1H3. The molecule has 1 aromatic carbocycles. The Morgan fingerprint density at radius 1 is 1.17 bits per heavy atom. The highest BCUT2D eigenvalue weighted by molar-refractivity contribution is 7.21. The molecule has 148 valence electrons. The average Bonchev–Trinajstić information content (AvgIpc) is 3.47. The van der Waals surface area contributed by atoms with Crippen LogP contribution in [0.5, 0.6) is 0 Å². The number of fused-ring (bicyclic) bond motifs is 3. The van der Waals surface area contributed by atoms with Crippen molar-refractivity contribution >= 4 is 38.3 Å². The Morgan fingerprint density at radius 3 is 2.76 bits per heavy atom. The van der Waals surface area contributed by atoms with Gasteiger partial charge in [-0.2, -0.15) is 0 Å². The molecule has 0 radical (unpaired) electrons. The van der Waals surface area contributed by atoms with Crippen molar-refractivity contribution < 1.29 is 13.6 Å². The predicted octanol–water partition coefficient (Wildman–Crippen LogP) is 5.49. The van der Waals surface area contributed by atoms with E-state index in [2.05, 4.69) is 0 Å². The van der Waals surface area contributed by atoms with Crippen molar-refractivity contribution in [3.63, 3.8) is 0 Å². The maximum atomic E-state index is 13.5. The Bertz CT molecular complexity index is 1250. The largest absolute Gasteiger partial charge is 0.467 e. The van der Waals surface area contributed by atoms with Crippen LogP contribution in [0.15, 0.2) is 56.3 Å². The van der Waals surface area contributed by atoms with Gasteiger partial charge >= 0.3 is 5.63 Å². The molecule has 1 saturated carbocycles. The second kappa shape index (κ2) is 7.19. The number of hydrogen-bond acceptors (Lipinski definition) is 5. The third kappa shape index (κ3) is 3.27. The lowest BCUT2D eigenvalue weighted by Crippen LogP contribution is -2.37. The van der Waals surface area contributed by atoms with Crippen LogP contribution in [-0.4, -0.2) is 16.8 Å². The topological polar surface area (TPSA) is 63.7 Å². The van der Waals surface area contributed by atoms with E-state index >= 15 is 0 Å².